The Morgan fingerprint density at radius 1 is 0.829 bits per heavy atom. The Morgan fingerprint density at radius 3 is 2.12 bits per heavy atom. The zero-order valence-corrected chi connectivity index (χ0v) is 49.5. The third kappa shape index (κ3) is 11.0. The van der Waals surface area contributed by atoms with Crippen molar-refractivity contribution in [3.63, 3.8) is 0 Å². The summed E-state index contributed by atoms with van der Waals surface area (Å²) in [6, 6.07) is 36.3. The molecule has 0 aliphatic heterocycles. The summed E-state index contributed by atoms with van der Waals surface area (Å²) >= 11 is 7.27. The Labute approximate surface area is 456 Å². The van der Waals surface area contributed by atoms with E-state index in [1.807, 2.05) is 73.7 Å². The highest BCUT2D eigenvalue weighted by molar-refractivity contribution is 7.00. The van der Waals surface area contributed by atoms with E-state index in [0.29, 0.717) is 55.2 Å². The first kappa shape index (κ1) is 56.1. The average Bonchev–Trinajstić information content (AvgIpc) is 3.99. The highest BCUT2D eigenvalue weighted by Gasteiger charge is 2.52. The summed E-state index contributed by atoms with van der Waals surface area (Å²) in [7, 11) is 0.305. The molecular weight excluding hydrogens is 1010 g/mol. The van der Waals surface area contributed by atoms with E-state index in [1.54, 1.807) is 6.07 Å². The van der Waals surface area contributed by atoms with Gasteiger partial charge in [-0.05, 0) is 132 Å². The van der Waals surface area contributed by atoms with E-state index in [4.69, 9.17) is 40.1 Å². The van der Waals surface area contributed by atoms with Gasteiger partial charge in [0.05, 0.1) is 25.1 Å². The fourth-order valence-electron chi connectivity index (χ4n) is 10.5. The van der Waals surface area contributed by atoms with Gasteiger partial charge in [0, 0.05) is 71.1 Å². The average molecular weight is 1080 g/mol. The topological polar surface area (TPSA) is 94.6 Å². The van der Waals surface area contributed by atoms with Crippen LogP contribution in [0.3, 0.4) is 0 Å². The Balaban J connectivity index is 1.08. The van der Waals surface area contributed by atoms with Crippen molar-refractivity contribution in [2.75, 3.05) is 13.7 Å². The van der Waals surface area contributed by atoms with Crippen LogP contribution in [0.25, 0.3) is 32.8 Å². The number of aromatic nitrogens is 5. The maximum Gasteiger partial charge on any atom is 0.354 e. The second-order valence-electron chi connectivity index (χ2n) is 22.7. The summed E-state index contributed by atoms with van der Waals surface area (Å²) in [4.78, 5) is 13.6. The third-order valence-electron chi connectivity index (χ3n) is 15.6. The molecule has 0 spiro atoms. The molecule has 1 atom stereocenters. The van der Waals surface area contributed by atoms with Crippen molar-refractivity contribution in [1.29, 1.82) is 0 Å². The van der Waals surface area contributed by atoms with Crippen LogP contribution < -0.4 is 14.8 Å². The molecule has 400 valence electrons. The maximum atomic E-state index is 15.0. The molecule has 0 N–H and O–H groups in total. The Kier molecular flexibility index (Phi) is 16.6. The summed E-state index contributed by atoms with van der Waals surface area (Å²) in [6.07, 6.45) is 3.85. The lowest BCUT2D eigenvalue weighted by Crippen LogP contribution is -2.68. The summed E-state index contributed by atoms with van der Waals surface area (Å²) < 4.78 is 47.2. The first-order valence-corrected chi connectivity index (χ1v) is 31.5. The number of benzene rings is 5. The van der Waals surface area contributed by atoms with Gasteiger partial charge in [-0.1, -0.05) is 126 Å². The van der Waals surface area contributed by atoms with E-state index in [1.165, 1.54) is 23.5 Å². The first-order valence-electron chi connectivity index (χ1n) is 26.3. The standard InChI is InChI=1S/C62H75ClFN5O5Si2/c1-15-23-53(58-56(42(3)67(10)66-58)57-51(63)32-33-52-55(57)41(2)59(60(70)71-12)69(52)34-22-35-73-75(13,14)61(4,5)6)72-40-46-39-47(68(11)65-46)30-28-43-36-44-38-45(64)29-31-50(44)54(37-43)74-76(62(7,8)9,48-24-18-16-19-25-48)49-26-20-17-21-27-49/h15-21,24-27,29,31-33,36-39,53H,1,22-23,28,30,34-35,40H2,2-14H3. The molecule has 0 bridgehead atoms. The van der Waals surface area contributed by atoms with Crippen molar-refractivity contribution >= 4 is 66.3 Å². The molecule has 0 amide bonds. The van der Waals surface area contributed by atoms with Crippen LogP contribution >= 0.6 is 11.6 Å². The highest BCUT2D eigenvalue weighted by atomic mass is 35.5. The van der Waals surface area contributed by atoms with Gasteiger partial charge in [-0.3, -0.25) is 9.36 Å². The summed E-state index contributed by atoms with van der Waals surface area (Å²) in [5.74, 6) is 0.0379. The van der Waals surface area contributed by atoms with Crippen LogP contribution in [0.5, 0.6) is 5.75 Å². The summed E-state index contributed by atoms with van der Waals surface area (Å²) in [5, 5.41) is 15.2. The molecule has 0 saturated heterocycles. The number of hydrogen-bond acceptors (Lipinski definition) is 7. The van der Waals surface area contributed by atoms with Gasteiger partial charge in [0.2, 0.25) is 0 Å². The molecule has 10 nitrogen and oxygen atoms in total. The SMILES string of the molecule is C=CCC(OCc1cc(CCc2cc(O[Si](c3ccccc3)(c3ccccc3)C(C)(C)C)c3ccc(F)cc3c2)n(C)n1)c1nn(C)c(C)c1-c1c(Cl)ccc2c1c(C)c(C(=O)OC)n2CCCO[Si](C)(C)C(C)(C)C. The maximum absolute atomic E-state index is 15.0. The third-order valence-corrected chi connectivity index (χ3v) is 25.4. The second kappa shape index (κ2) is 22.5. The van der Waals surface area contributed by atoms with Crippen LogP contribution in [-0.4, -0.2) is 60.4 Å². The largest absolute Gasteiger partial charge is 0.534 e. The molecule has 8 aromatic rings. The van der Waals surface area contributed by atoms with Gasteiger partial charge in [-0.25, -0.2) is 9.18 Å². The van der Waals surface area contributed by atoms with Crippen molar-refractivity contribution in [3.05, 3.63) is 172 Å². The lowest BCUT2D eigenvalue weighted by atomic mass is 9.94. The normalized spacial score (nSPS) is 12.9. The molecule has 0 saturated carbocycles. The van der Waals surface area contributed by atoms with Crippen molar-refractivity contribution in [2.24, 2.45) is 14.1 Å². The molecule has 3 heterocycles. The number of methoxy groups -OCH3 is 1. The van der Waals surface area contributed by atoms with E-state index in [9.17, 15) is 4.79 Å². The van der Waals surface area contributed by atoms with Crippen LogP contribution in [-0.2, 0) is 54.0 Å². The molecule has 8 rings (SSSR count). The molecule has 1 unspecified atom stereocenters. The number of aryl methyl sites for hydroxylation is 6. The van der Waals surface area contributed by atoms with E-state index in [0.717, 1.165) is 66.8 Å². The van der Waals surface area contributed by atoms with Crippen molar-refractivity contribution in [1.82, 2.24) is 24.1 Å². The zero-order valence-electron chi connectivity index (χ0n) is 46.7. The molecule has 5 aromatic carbocycles. The molecule has 3 aromatic heterocycles. The number of ether oxygens (including phenoxy) is 2. The van der Waals surface area contributed by atoms with E-state index in [2.05, 4.69) is 133 Å². The minimum atomic E-state index is -3.01. The number of nitrogens with zero attached hydrogens (tertiary/aromatic N) is 5. The van der Waals surface area contributed by atoms with Crippen LogP contribution in [0, 0.1) is 19.7 Å². The number of halogens is 2. The molecule has 14 heteroatoms. The van der Waals surface area contributed by atoms with E-state index < -0.39 is 28.7 Å². The second-order valence-corrected chi connectivity index (χ2v) is 32.1. The van der Waals surface area contributed by atoms with Crippen molar-refractivity contribution in [3.8, 4) is 16.9 Å². The molecule has 0 aliphatic rings. The molecule has 0 radical (unpaired) electrons. The van der Waals surface area contributed by atoms with Gasteiger partial charge in [0.15, 0.2) is 8.32 Å². The van der Waals surface area contributed by atoms with Crippen molar-refractivity contribution in [2.45, 2.75) is 123 Å². The molecule has 0 aliphatic carbocycles. The minimum absolute atomic E-state index is 0.0837. The van der Waals surface area contributed by atoms with Crippen LogP contribution in [0.15, 0.2) is 122 Å². The number of rotatable bonds is 20. The predicted molar refractivity (Wildman–Crippen MR) is 313 cm³/mol. The smallest absolute Gasteiger partial charge is 0.354 e. The molecule has 0 fully saturated rings. The molecule has 76 heavy (non-hydrogen) atoms. The Morgan fingerprint density at radius 2 is 1.50 bits per heavy atom. The van der Waals surface area contributed by atoms with Crippen molar-refractivity contribution < 1.29 is 27.5 Å². The lowest BCUT2D eigenvalue weighted by Gasteiger charge is -2.43. The number of esters is 1. The van der Waals surface area contributed by atoms with Gasteiger partial charge < -0.3 is 22.9 Å². The predicted octanol–water partition coefficient (Wildman–Crippen LogP) is 14.1. The van der Waals surface area contributed by atoms with Gasteiger partial charge in [-0.2, -0.15) is 10.2 Å². The number of carbonyl (C=O) groups excluding carboxylic acids is 1. The minimum Gasteiger partial charge on any atom is -0.534 e. The fraction of sp³-hybridized carbons (Fsp3) is 0.371. The zero-order chi connectivity index (χ0) is 54.9. The number of fused-ring (bicyclic) bond motifs is 2. The first-order chi connectivity index (χ1) is 36.0. The Bertz CT molecular complexity index is 3350. The highest BCUT2D eigenvalue weighted by Crippen LogP contribution is 2.46. The molecular formula is C62H75ClFN5O5Si2. The van der Waals surface area contributed by atoms with Crippen LogP contribution in [0.1, 0.15) is 105 Å². The fourth-order valence-corrected chi connectivity index (χ4v) is 16.3. The van der Waals surface area contributed by atoms with E-state index >= 15 is 4.39 Å². The number of hydrogen-bond donors (Lipinski definition) is 0. The van der Waals surface area contributed by atoms with Crippen LogP contribution in [0.2, 0.25) is 28.2 Å². The monoisotopic (exact) mass is 1080 g/mol. The van der Waals surface area contributed by atoms with Gasteiger partial charge in [-0.15, -0.1) is 6.58 Å². The summed E-state index contributed by atoms with van der Waals surface area (Å²) in [5.41, 5.74) is 8.20. The Hall–Kier alpha value is -6.10. The lowest BCUT2D eigenvalue weighted by molar-refractivity contribution is 0.0368. The summed E-state index contributed by atoms with van der Waals surface area (Å²) in [6.45, 7) is 27.4. The number of carbonyl (C=O) groups is 1. The van der Waals surface area contributed by atoms with Gasteiger partial charge in [0.1, 0.15) is 23.4 Å². The van der Waals surface area contributed by atoms with Gasteiger partial charge in [0.25, 0.3) is 0 Å². The quantitative estimate of drug-likeness (QED) is 0.0325. The van der Waals surface area contributed by atoms with E-state index in [-0.39, 0.29) is 22.5 Å². The van der Waals surface area contributed by atoms with Crippen LogP contribution in [0.4, 0.5) is 4.39 Å². The van der Waals surface area contributed by atoms with Gasteiger partial charge >= 0.3 is 14.3 Å².